The van der Waals surface area contributed by atoms with E-state index in [0.717, 1.165) is 24.9 Å². The number of amides is 1. The van der Waals surface area contributed by atoms with Crippen molar-refractivity contribution in [2.45, 2.75) is 25.3 Å². The molecule has 21 heavy (non-hydrogen) atoms. The molecule has 0 spiro atoms. The average Bonchev–Trinajstić information content (AvgIpc) is 2.54. The van der Waals surface area contributed by atoms with E-state index in [1.54, 1.807) is 0 Å². The van der Waals surface area contributed by atoms with Gasteiger partial charge in [-0.2, -0.15) is 0 Å². The van der Waals surface area contributed by atoms with Crippen molar-refractivity contribution in [1.29, 1.82) is 0 Å². The van der Waals surface area contributed by atoms with E-state index in [9.17, 15) is 4.79 Å². The van der Waals surface area contributed by atoms with Crippen molar-refractivity contribution in [3.05, 3.63) is 65.7 Å². The van der Waals surface area contributed by atoms with Crippen LogP contribution in [-0.2, 0) is 11.2 Å². The largest absolute Gasteiger partial charge is 0.376 e. The molecule has 0 saturated carbocycles. The van der Waals surface area contributed by atoms with E-state index in [1.807, 2.05) is 36.4 Å². The minimum atomic E-state index is 0.0422. The van der Waals surface area contributed by atoms with Gasteiger partial charge in [-0.15, -0.1) is 0 Å². The summed E-state index contributed by atoms with van der Waals surface area (Å²) in [7, 11) is 0. The first-order chi connectivity index (χ1) is 10.3. The highest BCUT2D eigenvalue weighted by atomic mass is 16.1. The van der Waals surface area contributed by atoms with E-state index < -0.39 is 0 Å². The van der Waals surface area contributed by atoms with Crippen LogP contribution in [0.1, 0.15) is 30.0 Å². The van der Waals surface area contributed by atoms with E-state index in [2.05, 4.69) is 28.8 Å². The summed E-state index contributed by atoms with van der Waals surface area (Å²) in [6.45, 7) is 0.308. The minimum Gasteiger partial charge on any atom is -0.376 e. The van der Waals surface area contributed by atoms with Crippen molar-refractivity contribution >= 4 is 11.6 Å². The van der Waals surface area contributed by atoms with Gasteiger partial charge in [0.2, 0.25) is 5.91 Å². The monoisotopic (exact) mass is 280 g/mol. The highest BCUT2D eigenvalue weighted by molar-refractivity contribution is 5.81. The molecule has 0 fully saturated rings. The molecule has 1 unspecified atom stereocenters. The average molecular weight is 280 g/mol. The zero-order chi connectivity index (χ0) is 14.5. The summed E-state index contributed by atoms with van der Waals surface area (Å²) >= 11 is 0. The Morgan fingerprint density at radius 3 is 2.67 bits per heavy atom. The van der Waals surface area contributed by atoms with Crippen LogP contribution in [0.3, 0.4) is 0 Å². The van der Waals surface area contributed by atoms with Crippen molar-refractivity contribution < 1.29 is 4.79 Å². The molecule has 0 aromatic heterocycles. The maximum atomic E-state index is 12.1. The normalized spacial score (nSPS) is 16.9. The molecule has 3 nitrogen and oxygen atoms in total. The second-order valence-corrected chi connectivity index (χ2v) is 5.43. The summed E-state index contributed by atoms with van der Waals surface area (Å²) in [6, 6.07) is 18.4. The number of aryl methyl sites for hydroxylation is 1. The third-order valence-electron chi connectivity index (χ3n) is 3.93. The molecule has 1 aliphatic carbocycles. The number of carbonyl (C=O) groups excluding carboxylic acids is 1. The molecule has 108 valence electrons. The zero-order valence-electron chi connectivity index (χ0n) is 12.0. The molecule has 0 heterocycles. The fourth-order valence-corrected chi connectivity index (χ4v) is 2.89. The second kappa shape index (κ2) is 6.44. The van der Waals surface area contributed by atoms with Gasteiger partial charge in [-0.1, -0.05) is 42.5 Å². The van der Waals surface area contributed by atoms with E-state index >= 15 is 0 Å². The standard InChI is InChI=1S/C18H20N2O/c21-18(13-19-15-9-2-1-3-10-15)20-17-12-6-8-14-7-4-5-11-16(14)17/h1-5,7,9-11,17,19H,6,8,12-13H2,(H,20,21). The number of anilines is 1. The first-order valence-corrected chi connectivity index (χ1v) is 7.49. The van der Waals surface area contributed by atoms with E-state index in [-0.39, 0.29) is 11.9 Å². The van der Waals surface area contributed by atoms with Crippen molar-refractivity contribution in [1.82, 2.24) is 5.32 Å². The van der Waals surface area contributed by atoms with E-state index in [1.165, 1.54) is 11.1 Å². The Labute approximate surface area is 125 Å². The molecular formula is C18H20N2O. The van der Waals surface area contributed by atoms with Crippen LogP contribution in [-0.4, -0.2) is 12.5 Å². The number of rotatable bonds is 4. The van der Waals surface area contributed by atoms with Gasteiger partial charge in [0.1, 0.15) is 0 Å². The number of hydrogen-bond donors (Lipinski definition) is 2. The summed E-state index contributed by atoms with van der Waals surface area (Å²) in [5.41, 5.74) is 3.61. The fraction of sp³-hybridized carbons (Fsp3) is 0.278. The summed E-state index contributed by atoms with van der Waals surface area (Å²) < 4.78 is 0. The van der Waals surface area contributed by atoms with Crippen molar-refractivity contribution in [2.75, 3.05) is 11.9 Å². The fourth-order valence-electron chi connectivity index (χ4n) is 2.89. The number of hydrogen-bond acceptors (Lipinski definition) is 2. The van der Waals surface area contributed by atoms with Crippen LogP contribution in [0, 0.1) is 0 Å². The molecule has 2 aromatic carbocycles. The van der Waals surface area contributed by atoms with Crippen LogP contribution < -0.4 is 10.6 Å². The third kappa shape index (κ3) is 3.43. The lowest BCUT2D eigenvalue weighted by Crippen LogP contribution is -2.34. The number of fused-ring (bicyclic) bond motifs is 1. The maximum absolute atomic E-state index is 12.1. The number of nitrogens with one attached hydrogen (secondary N) is 2. The van der Waals surface area contributed by atoms with Crippen molar-refractivity contribution in [2.24, 2.45) is 0 Å². The van der Waals surface area contributed by atoms with Gasteiger partial charge in [-0.25, -0.2) is 0 Å². The predicted molar refractivity (Wildman–Crippen MR) is 85.2 cm³/mol. The topological polar surface area (TPSA) is 41.1 Å². The highest BCUT2D eigenvalue weighted by Crippen LogP contribution is 2.29. The Bertz CT molecular complexity index is 610. The van der Waals surface area contributed by atoms with Crippen LogP contribution in [0.25, 0.3) is 0 Å². The van der Waals surface area contributed by atoms with Crippen molar-refractivity contribution in [3.8, 4) is 0 Å². The molecule has 2 N–H and O–H groups in total. The lowest BCUT2D eigenvalue weighted by molar-refractivity contribution is -0.120. The molecule has 0 bridgehead atoms. The summed E-state index contributed by atoms with van der Waals surface area (Å²) in [6.07, 6.45) is 3.27. The quantitative estimate of drug-likeness (QED) is 0.902. The maximum Gasteiger partial charge on any atom is 0.239 e. The molecule has 2 aromatic rings. The molecule has 0 aliphatic heterocycles. The van der Waals surface area contributed by atoms with Gasteiger partial charge in [0.05, 0.1) is 12.6 Å². The molecular weight excluding hydrogens is 260 g/mol. The van der Waals surface area contributed by atoms with Crippen LogP contribution in [0.15, 0.2) is 54.6 Å². The lowest BCUT2D eigenvalue weighted by Gasteiger charge is -2.26. The lowest BCUT2D eigenvalue weighted by atomic mass is 9.88. The first-order valence-electron chi connectivity index (χ1n) is 7.49. The summed E-state index contributed by atoms with van der Waals surface area (Å²) in [4.78, 5) is 12.1. The molecule has 3 heteroatoms. The summed E-state index contributed by atoms with van der Waals surface area (Å²) in [5, 5.41) is 6.29. The Hall–Kier alpha value is -2.29. The Kier molecular flexibility index (Phi) is 4.20. The zero-order valence-corrected chi connectivity index (χ0v) is 12.0. The van der Waals surface area contributed by atoms with Gasteiger partial charge in [0.25, 0.3) is 0 Å². The van der Waals surface area contributed by atoms with Gasteiger partial charge >= 0.3 is 0 Å². The second-order valence-electron chi connectivity index (χ2n) is 5.43. The smallest absolute Gasteiger partial charge is 0.239 e. The van der Waals surface area contributed by atoms with Gasteiger partial charge in [0.15, 0.2) is 0 Å². The van der Waals surface area contributed by atoms with Gasteiger partial charge in [-0.3, -0.25) is 4.79 Å². The van der Waals surface area contributed by atoms with E-state index in [4.69, 9.17) is 0 Å². The number of para-hydroxylation sites is 1. The van der Waals surface area contributed by atoms with E-state index in [0.29, 0.717) is 6.54 Å². The highest BCUT2D eigenvalue weighted by Gasteiger charge is 2.20. The molecule has 0 saturated heterocycles. The van der Waals surface area contributed by atoms with Crippen LogP contribution in [0.5, 0.6) is 0 Å². The minimum absolute atomic E-state index is 0.0422. The Morgan fingerprint density at radius 2 is 1.81 bits per heavy atom. The molecule has 3 rings (SSSR count). The van der Waals surface area contributed by atoms with Gasteiger partial charge in [0, 0.05) is 5.69 Å². The molecule has 1 atom stereocenters. The van der Waals surface area contributed by atoms with Gasteiger partial charge < -0.3 is 10.6 Å². The molecule has 1 amide bonds. The van der Waals surface area contributed by atoms with Crippen LogP contribution >= 0.6 is 0 Å². The number of benzene rings is 2. The predicted octanol–water partition coefficient (Wildman–Crippen LogP) is 3.29. The van der Waals surface area contributed by atoms with Crippen LogP contribution in [0.2, 0.25) is 0 Å². The van der Waals surface area contributed by atoms with Gasteiger partial charge in [-0.05, 0) is 42.5 Å². The SMILES string of the molecule is O=C(CNc1ccccc1)NC1CCCc2ccccc21. The van der Waals surface area contributed by atoms with Crippen molar-refractivity contribution in [3.63, 3.8) is 0 Å². The Morgan fingerprint density at radius 1 is 1.05 bits per heavy atom. The third-order valence-corrected chi connectivity index (χ3v) is 3.93. The molecule has 1 aliphatic rings. The number of carbonyl (C=O) groups is 1. The van der Waals surface area contributed by atoms with Crippen LogP contribution in [0.4, 0.5) is 5.69 Å². The first kappa shape index (κ1) is 13.7. The summed E-state index contributed by atoms with van der Waals surface area (Å²) in [5.74, 6) is 0.0422. The Balaban J connectivity index is 1.58. The molecule has 0 radical (unpaired) electrons.